The number of carbonyl (C=O) groups is 1. The Hall–Kier alpha value is -1.44. The summed E-state index contributed by atoms with van der Waals surface area (Å²) in [5, 5.41) is 1.96. The fourth-order valence-electron chi connectivity index (χ4n) is 3.92. The van der Waals surface area contributed by atoms with Gasteiger partial charge in [-0.05, 0) is 32.6 Å². The molecule has 1 atom stereocenters. The molecule has 2 aliphatic rings. The third kappa shape index (κ3) is 3.59. The van der Waals surface area contributed by atoms with Gasteiger partial charge in [0.2, 0.25) is 0 Å². The number of imidazole rings is 1. The first-order valence-corrected chi connectivity index (χ1v) is 10.1. The van der Waals surface area contributed by atoms with Crippen molar-refractivity contribution in [3.63, 3.8) is 0 Å². The third-order valence-electron chi connectivity index (χ3n) is 5.32. The molecular weight excluding hydrogens is 336 g/mol. The minimum absolute atomic E-state index is 0.162. The number of carbonyl (C=O) groups excluding carboxylic acids is 1. The van der Waals surface area contributed by atoms with E-state index in [1.807, 2.05) is 22.9 Å². The quantitative estimate of drug-likeness (QED) is 0.838. The van der Waals surface area contributed by atoms with Crippen LogP contribution in [0, 0.1) is 6.92 Å². The SMILES string of the molecule is Cc1cn2c(C(=O)N3CCCC[C@H]3CCN3CCOCC3)csc2n1. The Morgan fingerprint density at radius 1 is 1.32 bits per heavy atom. The molecule has 2 aromatic rings. The molecule has 2 aromatic heterocycles. The first-order valence-electron chi connectivity index (χ1n) is 9.26. The van der Waals surface area contributed by atoms with Gasteiger partial charge in [-0.25, -0.2) is 4.98 Å². The van der Waals surface area contributed by atoms with Crippen molar-refractivity contribution < 1.29 is 9.53 Å². The van der Waals surface area contributed by atoms with E-state index in [2.05, 4.69) is 14.8 Å². The van der Waals surface area contributed by atoms with E-state index in [4.69, 9.17) is 4.74 Å². The Kier molecular flexibility index (Phi) is 5.05. The summed E-state index contributed by atoms with van der Waals surface area (Å²) in [6, 6.07) is 0.351. The molecule has 2 fully saturated rings. The van der Waals surface area contributed by atoms with Crippen LogP contribution in [0.25, 0.3) is 4.96 Å². The molecule has 0 saturated carbocycles. The van der Waals surface area contributed by atoms with Crippen molar-refractivity contribution in [3.05, 3.63) is 23.0 Å². The molecule has 6 nitrogen and oxygen atoms in total. The van der Waals surface area contributed by atoms with Gasteiger partial charge in [-0.3, -0.25) is 14.1 Å². The Labute approximate surface area is 152 Å². The van der Waals surface area contributed by atoms with E-state index < -0.39 is 0 Å². The number of likely N-dealkylation sites (tertiary alicyclic amines) is 1. The molecule has 0 unspecified atom stereocenters. The molecule has 7 heteroatoms. The zero-order chi connectivity index (χ0) is 17.2. The normalized spacial score (nSPS) is 22.6. The van der Waals surface area contributed by atoms with Crippen molar-refractivity contribution in [3.8, 4) is 0 Å². The molecule has 0 bridgehead atoms. The average Bonchev–Trinajstić information content (AvgIpc) is 3.19. The second-order valence-electron chi connectivity index (χ2n) is 7.05. The number of aromatic nitrogens is 2. The van der Waals surface area contributed by atoms with E-state index >= 15 is 0 Å². The van der Waals surface area contributed by atoms with E-state index in [1.54, 1.807) is 11.3 Å². The van der Waals surface area contributed by atoms with Crippen molar-refractivity contribution in [1.29, 1.82) is 0 Å². The van der Waals surface area contributed by atoms with Crippen LogP contribution in [0.2, 0.25) is 0 Å². The van der Waals surface area contributed by atoms with Crippen molar-refractivity contribution in [1.82, 2.24) is 19.2 Å². The van der Waals surface area contributed by atoms with Gasteiger partial charge >= 0.3 is 0 Å². The largest absolute Gasteiger partial charge is 0.379 e. The van der Waals surface area contributed by atoms with Gasteiger partial charge in [0.25, 0.3) is 5.91 Å². The van der Waals surface area contributed by atoms with E-state index in [0.29, 0.717) is 6.04 Å². The lowest BCUT2D eigenvalue weighted by atomic mass is 9.98. The van der Waals surface area contributed by atoms with Crippen molar-refractivity contribution in [2.75, 3.05) is 39.4 Å². The molecule has 136 valence electrons. The number of amides is 1. The number of nitrogens with zero attached hydrogens (tertiary/aromatic N) is 4. The number of aryl methyl sites for hydroxylation is 1. The van der Waals surface area contributed by atoms with Crippen LogP contribution in [0.1, 0.15) is 41.9 Å². The molecule has 4 rings (SSSR count). The molecule has 2 aliphatic heterocycles. The molecule has 0 spiro atoms. The van der Waals surface area contributed by atoms with Crippen LogP contribution in [-0.4, -0.2) is 70.5 Å². The predicted molar refractivity (Wildman–Crippen MR) is 98.4 cm³/mol. The summed E-state index contributed by atoms with van der Waals surface area (Å²) >= 11 is 1.55. The highest BCUT2D eigenvalue weighted by Gasteiger charge is 2.29. The Balaban J connectivity index is 1.46. The smallest absolute Gasteiger partial charge is 0.271 e. The van der Waals surface area contributed by atoms with Gasteiger partial charge in [0.15, 0.2) is 4.96 Å². The minimum Gasteiger partial charge on any atom is -0.379 e. The number of hydrogen-bond donors (Lipinski definition) is 0. The van der Waals surface area contributed by atoms with Crippen molar-refractivity contribution >= 4 is 22.2 Å². The minimum atomic E-state index is 0.162. The van der Waals surface area contributed by atoms with Gasteiger partial charge in [0, 0.05) is 43.8 Å². The highest BCUT2D eigenvalue weighted by molar-refractivity contribution is 7.15. The van der Waals surface area contributed by atoms with Crippen LogP contribution in [0.15, 0.2) is 11.6 Å². The van der Waals surface area contributed by atoms with E-state index in [9.17, 15) is 4.79 Å². The van der Waals surface area contributed by atoms with Crippen molar-refractivity contribution in [2.45, 2.75) is 38.6 Å². The number of ether oxygens (including phenoxy) is 1. The zero-order valence-corrected chi connectivity index (χ0v) is 15.6. The first kappa shape index (κ1) is 17.0. The lowest BCUT2D eigenvalue weighted by Crippen LogP contribution is -2.46. The number of hydrogen-bond acceptors (Lipinski definition) is 5. The summed E-state index contributed by atoms with van der Waals surface area (Å²) in [6.45, 7) is 7.60. The van der Waals surface area contributed by atoms with E-state index in [-0.39, 0.29) is 5.91 Å². The van der Waals surface area contributed by atoms with Gasteiger partial charge in [-0.2, -0.15) is 0 Å². The summed E-state index contributed by atoms with van der Waals surface area (Å²) in [4.78, 5) is 23.1. The van der Waals surface area contributed by atoms with Crippen LogP contribution in [0.4, 0.5) is 0 Å². The molecular formula is C18H26N4O2S. The number of morpholine rings is 1. The van der Waals surface area contributed by atoms with Gasteiger partial charge in [-0.1, -0.05) is 0 Å². The number of piperidine rings is 1. The van der Waals surface area contributed by atoms with E-state index in [1.165, 1.54) is 6.42 Å². The highest BCUT2D eigenvalue weighted by Crippen LogP contribution is 2.25. The third-order valence-corrected chi connectivity index (χ3v) is 6.16. The summed E-state index contributed by atoms with van der Waals surface area (Å²) in [7, 11) is 0. The molecule has 2 saturated heterocycles. The summed E-state index contributed by atoms with van der Waals surface area (Å²) in [6.07, 6.45) is 6.47. The molecule has 0 radical (unpaired) electrons. The van der Waals surface area contributed by atoms with Gasteiger partial charge in [-0.15, -0.1) is 11.3 Å². The maximum atomic E-state index is 13.2. The molecule has 4 heterocycles. The summed E-state index contributed by atoms with van der Waals surface area (Å²) in [5.74, 6) is 0.162. The second kappa shape index (κ2) is 7.43. The second-order valence-corrected chi connectivity index (χ2v) is 7.88. The Morgan fingerprint density at radius 3 is 3.00 bits per heavy atom. The molecule has 0 N–H and O–H groups in total. The van der Waals surface area contributed by atoms with Crippen molar-refractivity contribution in [2.24, 2.45) is 0 Å². The highest BCUT2D eigenvalue weighted by atomic mass is 32.1. The van der Waals surface area contributed by atoms with Gasteiger partial charge in [0.05, 0.1) is 18.9 Å². The maximum Gasteiger partial charge on any atom is 0.271 e. The van der Waals surface area contributed by atoms with Crippen LogP contribution in [-0.2, 0) is 4.74 Å². The van der Waals surface area contributed by atoms with Gasteiger partial charge < -0.3 is 9.64 Å². The molecule has 0 aliphatic carbocycles. The average molecular weight is 362 g/mol. The van der Waals surface area contributed by atoms with Crippen LogP contribution in [0.3, 0.4) is 0 Å². The summed E-state index contributed by atoms with van der Waals surface area (Å²) < 4.78 is 7.38. The van der Waals surface area contributed by atoms with Gasteiger partial charge in [0.1, 0.15) is 5.69 Å². The molecule has 1 amide bonds. The Bertz CT molecular complexity index is 735. The van der Waals surface area contributed by atoms with E-state index in [0.717, 1.165) is 75.0 Å². The lowest BCUT2D eigenvalue weighted by molar-refractivity contribution is 0.0294. The lowest BCUT2D eigenvalue weighted by Gasteiger charge is -2.37. The maximum absolute atomic E-state index is 13.2. The number of fused-ring (bicyclic) bond motifs is 1. The standard InChI is InChI=1S/C18H26N4O2S/c1-14-12-22-16(13-25-18(22)19-14)17(23)21-6-3-2-4-15(21)5-7-20-8-10-24-11-9-20/h12-13,15H,2-11H2,1H3/t15-/m0/s1. The topological polar surface area (TPSA) is 50.1 Å². The summed E-state index contributed by atoms with van der Waals surface area (Å²) in [5.41, 5.74) is 1.72. The van der Waals surface area contributed by atoms with Crippen LogP contribution < -0.4 is 0 Å². The zero-order valence-electron chi connectivity index (χ0n) is 14.8. The number of rotatable bonds is 4. The molecule has 0 aromatic carbocycles. The fourth-order valence-corrected chi connectivity index (χ4v) is 4.81. The predicted octanol–water partition coefficient (Wildman–Crippen LogP) is 2.42. The monoisotopic (exact) mass is 362 g/mol. The number of thiazole rings is 1. The van der Waals surface area contributed by atoms with Crippen LogP contribution in [0.5, 0.6) is 0 Å². The van der Waals surface area contributed by atoms with Crippen LogP contribution >= 0.6 is 11.3 Å². The Morgan fingerprint density at radius 2 is 2.16 bits per heavy atom. The fraction of sp³-hybridized carbons (Fsp3) is 0.667. The molecule has 25 heavy (non-hydrogen) atoms. The first-order chi connectivity index (χ1) is 12.2.